The van der Waals surface area contributed by atoms with E-state index < -0.39 is 0 Å². The van der Waals surface area contributed by atoms with E-state index in [1.807, 2.05) is 45.0 Å². The molecule has 1 aromatic heterocycles. The maximum atomic E-state index is 12.5. The Bertz CT molecular complexity index is 771. The molecule has 2 amide bonds. The van der Waals surface area contributed by atoms with Gasteiger partial charge in [-0.3, -0.25) is 0 Å². The molecule has 1 aromatic carbocycles. The van der Waals surface area contributed by atoms with Gasteiger partial charge >= 0.3 is 6.03 Å². The van der Waals surface area contributed by atoms with Crippen molar-refractivity contribution in [3.63, 3.8) is 0 Å². The molecule has 1 heterocycles. The van der Waals surface area contributed by atoms with E-state index in [9.17, 15) is 4.79 Å². The molecule has 6 heteroatoms. The molecular weight excluding hydrogens is 344 g/mol. The molecule has 0 saturated carbocycles. The van der Waals surface area contributed by atoms with Crippen molar-refractivity contribution in [2.45, 2.75) is 52.1 Å². The first-order valence-electron chi connectivity index (χ1n) is 9.65. The van der Waals surface area contributed by atoms with E-state index in [2.05, 4.69) is 10.6 Å². The molecule has 27 heavy (non-hydrogen) atoms. The molecular formula is C21H28N2O4. The van der Waals surface area contributed by atoms with E-state index in [1.165, 1.54) is 0 Å². The Morgan fingerprint density at radius 2 is 2.00 bits per heavy atom. The fourth-order valence-corrected chi connectivity index (χ4v) is 3.45. The summed E-state index contributed by atoms with van der Waals surface area (Å²) in [5.41, 5.74) is 2.05. The van der Waals surface area contributed by atoms with E-state index in [4.69, 9.17) is 13.9 Å². The predicted molar refractivity (Wildman–Crippen MR) is 103 cm³/mol. The molecule has 1 aliphatic rings. The molecule has 2 N–H and O–H groups in total. The van der Waals surface area contributed by atoms with Crippen molar-refractivity contribution < 1.29 is 18.7 Å². The second-order valence-electron chi connectivity index (χ2n) is 6.66. The maximum Gasteiger partial charge on any atom is 0.315 e. The van der Waals surface area contributed by atoms with Crippen LogP contribution in [0.1, 0.15) is 62.6 Å². The topological polar surface area (TPSA) is 72.7 Å². The third-order valence-electron chi connectivity index (χ3n) is 4.77. The molecule has 6 nitrogen and oxygen atoms in total. The van der Waals surface area contributed by atoms with Gasteiger partial charge in [-0.05, 0) is 57.4 Å². The normalized spacial score (nSPS) is 16.9. The molecule has 1 aliphatic carbocycles. The van der Waals surface area contributed by atoms with Gasteiger partial charge in [0.05, 0.1) is 31.6 Å². The van der Waals surface area contributed by atoms with Crippen LogP contribution < -0.4 is 20.1 Å². The molecule has 3 rings (SSSR count). The minimum absolute atomic E-state index is 0.000911. The molecule has 0 spiro atoms. The van der Waals surface area contributed by atoms with Crippen LogP contribution in [0.5, 0.6) is 11.5 Å². The number of nitrogens with one attached hydrogen (secondary N) is 2. The summed E-state index contributed by atoms with van der Waals surface area (Å²) in [6.07, 6.45) is 4.56. The molecule has 0 aliphatic heterocycles. The van der Waals surface area contributed by atoms with Gasteiger partial charge in [0, 0.05) is 12.0 Å². The summed E-state index contributed by atoms with van der Waals surface area (Å²) in [6, 6.07) is 7.36. The van der Waals surface area contributed by atoms with E-state index in [0.717, 1.165) is 41.9 Å². The lowest BCUT2D eigenvalue weighted by Crippen LogP contribution is -2.40. The second-order valence-corrected chi connectivity index (χ2v) is 6.66. The highest BCUT2D eigenvalue weighted by Crippen LogP contribution is 2.32. The van der Waals surface area contributed by atoms with Gasteiger partial charge in [-0.15, -0.1) is 0 Å². The zero-order valence-corrected chi connectivity index (χ0v) is 16.2. The highest BCUT2D eigenvalue weighted by molar-refractivity contribution is 5.75. The van der Waals surface area contributed by atoms with Gasteiger partial charge in [0.25, 0.3) is 0 Å². The van der Waals surface area contributed by atoms with Crippen molar-refractivity contribution in [2.24, 2.45) is 0 Å². The van der Waals surface area contributed by atoms with Crippen LogP contribution in [0, 0.1) is 0 Å². The van der Waals surface area contributed by atoms with Gasteiger partial charge in [0.2, 0.25) is 0 Å². The standard InChI is InChI=1S/C21H28N2O4/c1-4-25-19-10-9-15(13-20(19)26-5-2)14(3)22-21(24)23-17-7-6-8-18-16(17)11-12-27-18/h9-14,17H,4-8H2,1-3H3,(H2,22,23,24). The first kappa shape index (κ1) is 19.1. The third-order valence-corrected chi connectivity index (χ3v) is 4.77. The fourth-order valence-electron chi connectivity index (χ4n) is 3.45. The molecule has 2 unspecified atom stereocenters. The summed E-state index contributed by atoms with van der Waals surface area (Å²) < 4.78 is 16.8. The van der Waals surface area contributed by atoms with Gasteiger partial charge in [0.15, 0.2) is 11.5 Å². The molecule has 146 valence electrons. The number of aryl methyl sites for hydroxylation is 1. The van der Waals surface area contributed by atoms with Crippen LogP contribution in [0.3, 0.4) is 0 Å². The van der Waals surface area contributed by atoms with Crippen molar-refractivity contribution in [1.29, 1.82) is 0 Å². The van der Waals surface area contributed by atoms with Gasteiger partial charge in [-0.25, -0.2) is 4.79 Å². The molecule has 0 radical (unpaired) electrons. The lowest BCUT2D eigenvalue weighted by atomic mass is 9.93. The molecule has 2 atom stereocenters. The highest BCUT2D eigenvalue weighted by atomic mass is 16.5. The second kappa shape index (κ2) is 8.84. The van der Waals surface area contributed by atoms with Crippen molar-refractivity contribution >= 4 is 6.03 Å². The van der Waals surface area contributed by atoms with Crippen LogP contribution in [0.4, 0.5) is 4.79 Å². The zero-order chi connectivity index (χ0) is 19.2. The fraction of sp³-hybridized carbons (Fsp3) is 0.476. The lowest BCUT2D eigenvalue weighted by molar-refractivity contribution is 0.232. The van der Waals surface area contributed by atoms with Gasteiger partial charge < -0.3 is 24.5 Å². The van der Waals surface area contributed by atoms with Crippen LogP contribution in [-0.4, -0.2) is 19.2 Å². The summed E-state index contributed by atoms with van der Waals surface area (Å²) >= 11 is 0. The number of carbonyl (C=O) groups is 1. The number of ether oxygens (including phenoxy) is 2. The molecule has 0 saturated heterocycles. The Kier molecular flexibility index (Phi) is 6.27. The lowest BCUT2D eigenvalue weighted by Gasteiger charge is -2.24. The third kappa shape index (κ3) is 4.56. The number of fused-ring (bicyclic) bond motifs is 1. The van der Waals surface area contributed by atoms with Crippen LogP contribution in [0.2, 0.25) is 0 Å². The van der Waals surface area contributed by atoms with Crippen molar-refractivity contribution in [3.05, 3.63) is 47.4 Å². The Labute approximate surface area is 160 Å². The van der Waals surface area contributed by atoms with Crippen LogP contribution in [0.15, 0.2) is 34.9 Å². The van der Waals surface area contributed by atoms with Gasteiger partial charge in [-0.2, -0.15) is 0 Å². The van der Waals surface area contributed by atoms with Crippen LogP contribution >= 0.6 is 0 Å². The zero-order valence-electron chi connectivity index (χ0n) is 16.2. The summed E-state index contributed by atoms with van der Waals surface area (Å²) in [7, 11) is 0. The van der Waals surface area contributed by atoms with E-state index in [0.29, 0.717) is 19.0 Å². The largest absolute Gasteiger partial charge is 0.490 e. The van der Waals surface area contributed by atoms with Gasteiger partial charge in [0.1, 0.15) is 5.76 Å². The van der Waals surface area contributed by atoms with Crippen molar-refractivity contribution in [1.82, 2.24) is 10.6 Å². The van der Waals surface area contributed by atoms with Crippen molar-refractivity contribution in [3.8, 4) is 11.5 Å². The number of hydrogen-bond donors (Lipinski definition) is 2. The number of carbonyl (C=O) groups excluding carboxylic acids is 1. The summed E-state index contributed by atoms with van der Waals surface area (Å²) in [6.45, 7) is 6.96. The number of benzene rings is 1. The first-order valence-corrected chi connectivity index (χ1v) is 9.65. The van der Waals surface area contributed by atoms with Crippen LogP contribution in [0.25, 0.3) is 0 Å². The summed E-state index contributed by atoms with van der Waals surface area (Å²) in [5.74, 6) is 2.39. The number of amides is 2. The quantitative estimate of drug-likeness (QED) is 0.750. The Morgan fingerprint density at radius 1 is 1.22 bits per heavy atom. The van der Waals surface area contributed by atoms with Gasteiger partial charge in [-0.1, -0.05) is 6.07 Å². The predicted octanol–water partition coefficient (Wildman–Crippen LogP) is 4.51. The Morgan fingerprint density at radius 3 is 2.78 bits per heavy atom. The maximum absolute atomic E-state index is 12.5. The molecule has 0 fully saturated rings. The number of furan rings is 1. The average Bonchev–Trinajstić information content (AvgIpc) is 3.13. The highest BCUT2D eigenvalue weighted by Gasteiger charge is 2.24. The first-order chi connectivity index (χ1) is 13.1. The smallest absolute Gasteiger partial charge is 0.315 e. The minimum atomic E-state index is -0.187. The minimum Gasteiger partial charge on any atom is -0.490 e. The number of hydrogen-bond acceptors (Lipinski definition) is 4. The summed E-state index contributed by atoms with van der Waals surface area (Å²) in [4.78, 5) is 12.5. The van der Waals surface area contributed by atoms with Crippen molar-refractivity contribution in [2.75, 3.05) is 13.2 Å². The van der Waals surface area contributed by atoms with Crippen LogP contribution in [-0.2, 0) is 6.42 Å². The molecule has 2 aromatic rings. The number of rotatable bonds is 7. The van der Waals surface area contributed by atoms with E-state index in [1.54, 1.807) is 6.26 Å². The Hall–Kier alpha value is -2.63. The number of urea groups is 1. The SMILES string of the molecule is CCOc1ccc(C(C)NC(=O)NC2CCCc3occc32)cc1OCC. The van der Waals surface area contributed by atoms with E-state index >= 15 is 0 Å². The average molecular weight is 372 g/mol. The summed E-state index contributed by atoms with van der Waals surface area (Å²) in [5, 5.41) is 6.08. The monoisotopic (exact) mass is 372 g/mol. The Balaban J connectivity index is 1.64. The van der Waals surface area contributed by atoms with E-state index in [-0.39, 0.29) is 18.1 Å². The molecule has 0 bridgehead atoms.